The zero-order chi connectivity index (χ0) is 24.9. The number of carbonyl (C=O) groups is 3. The summed E-state index contributed by atoms with van der Waals surface area (Å²) in [4.78, 5) is 42.3. The lowest BCUT2D eigenvalue weighted by Crippen LogP contribution is -2.37. The molecule has 3 aromatic carbocycles. The molecule has 8 nitrogen and oxygen atoms in total. The molecular weight excluding hydrogens is 446 g/mol. The lowest BCUT2D eigenvalue weighted by molar-refractivity contribution is -0.124. The number of urea groups is 1. The first-order valence-electron chi connectivity index (χ1n) is 11.2. The first kappa shape index (κ1) is 23.8. The highest BCUT2D eigenvalue weighted by Gasteiger charge is 2.46. The summed E-state index contributed by atoms with van der Waals surface area (Å²) in [6.07, 6.45) is -0.172. The number of hydrogen-bond donors (Lipinski definition) is 1. The van der Waals surface area contributed by atoms with Crippen molar-refractivity contribution in [2.75, 3.05) is 24.4 Å². The van der Waals surface area contributed by atoms with E-state index in [4.69, 9.17) is 9.47 Å². The summed E-state index contributed by atoms with van der Waals surface area (Å²) in [6.45, 7) is 2.05. The van der Waals surface area contributed by atoms with Crippen molar-refractivity contribution >= 4 is 29.2 Å². The van der Waals surface area contributed by atoms with Crippen molar-refractivity contribution in [1.29, 1.82) is 0 Å². The molecule has 3 aromatic rings. The van der Waals surface area contributed by atoms with Crippen LogP contribution in [0.4, 0.5) is 16.2 Å². The Balaban J connectivity index is 1.63. The van der Waals surface area contributed by atoms with Crippen LogP contribution in [-0.2, 0) is 16.1 Å². The van der Waals surface area contributed by atoms with E-state index in [0.29, 0.717) is 22.9 Å². The molecule has 1 N–H and O–H groups in total. The molecule has 1 aliphatic heterocycles. The minimum atomic E-state index is -0.958. The van der Waals surface area contributed by atoms with Gasteiger partial charge < -0.3 is 19.7 Å². The van der Waals surface area contributed by atoms with Crippen molar-refractivity contribution in [1.82, 2.24) is 4.90 Å². The number of nitrogens with zero attached hydrogens (tertiary/aromatic N) is 2. The van der Waals surface area contributed by atoms with Crippen LogP contribution >= 0.6 is 0 Å². The Kier molecular flexibility index (Phi) is 7.01. The van der Waals surface area contributed by atoms with Gasteiger partial charge in [-0.1, -0.05) is 42.0 Å². The highest BCUT2D eigenvalue weighted by molar-refractivity contribution is 6.22. The summed E-state index contributed by atoms with van der Waals surface area (Å²) in [7, 11) is 3.07. The van der Waals surface area contributed by atoms with Crippen molar-refractivity contribution in [2.24, 2.45) is 0 Å². The van der Waals surface area contributed by atoms with E-state index in [-0.39, 0.29) is 18.9 Å². The fourth-order valence-corrected chi connectivity index (χ4v) is 4.03. The van der Waals surface area contributed by atoms with Crippen LogP contribution < -0.4 is 19.7 Å². The van der Waals surface area contributed by atoms with E-state index in [2.05, 4.69) is 5.32 Å². The van der Waals surface area contributed by atoms with Crippen molar-refractivity contribution in [3.05, 3.63) is 83.9 Å². The molecule has 1 fully saturated rings. The Morgan fingerprint density at radius 1 is 0.914 bits per heavy atom. The fraction of sp³-hybridized carbons (Fsp3) is 0.222. The molecule has 0 bridgehead atoms. The lowest BCUT2D eigenvalue weighted by atomic mass is 10.1. The number of hydrogen-bond acceptors (Lipinski definition) is 5. The molecule has 4 rings (SSSR count). The number of amides is 4. The Bertz CT molecular complexity index is 1230. The molecule has 1 atom stereocenters. The van der Waals surface area contributed by atoms with E-state index in [1.165, 1.54) is 12.0 Å². The van der Waals surface area contributed by atoms with Crippen LogP contribution in [0.25, 0.3) is 0 Å². The van der Waals surface area contributed by atoms with Crippen molar-refractivity contribution in [2.45, 2.75) is 25.9 Å². The Morgan fingerprint density at radius 3 is 2.26 bits per heavy atom. The number of para-hydroxylation sites is 1. The van der Waals surface area contributed by atoms with Crippen LogP contribution in [0.1, 0.15) is 17.5 Å². The second-order valence-electron chi connectivity index (χ2n) is 8.24. The quantitative estimate of drug-likeness (QED) is 0.491. The molecule has 0 spiro atoms. The van der Waals surface area contributed by atoms with Gasteiger partial charge in [0.25, 0.3) is 5.91 Å². The predicted octanol–water partition coefficient (Wildman–Crippen LogP) is 4.38. The summed E-state index contributed by atoms with van der Waals surface area (Å²) in [5.74, 6) is 0.268. The summed E-state index contributed by atoms with van der Waals surface area (Å²) in [5, 5.41) is 2.80. The van der Waals surface area contributed by atoms with E-state index in [0.717, 1.165) is 16.0 Å². The van der Waals surface area contributed by atoms with Gasteiger partial charge >= 0.3 is 6.03 Å². The maximum absolute atomic E-state index is 13.5. The van der Waals surface area contributed by atoms with E-state index in [1.54, 1.807) is 49.6 Å². The molecule has 4 amide bonds. The maximum Gasteiger partial charge on any atom is 0.332 e. The van der Waals surface area contributed by atoms with Gasteiger partial charge in [-0.05, 0) is 48.9 Å². The van der Waals surface area contributed by atoms with E-state index in [9.17, 15) is 14.4 Å². The van der Waals surface area contributed by atoms with Gasteiger partial charge in [0, 0.05) is 12.2 Å². The molecule has 1 heterocycles. The van der Waals surface area contributed by atoms with Crippen molar-refractivity contribution in [3.8, 4) is 11.5 Å². The topological polar surface area (TPSA) is 88.2 Å². The first-order chi connectivity index (χ1) is 16.9. The second-order valence-corrected chi connectivity index (χ2v) is 8.24. The number of anilines is 2. The highest BCUT2D eigenvalue weighted by Crippen LogP contribution is 2.32. The fourth-order valence-electron chi connectivity index (χ4n) is 4.03. The zero-order valence-corrected chi connectivity index (χ0v) is 19.9. The lowest BCUT2D eigenvalue weighted by Gasteiger charge is -2.22. The average molecular weight is 474 g/mol. The number of benzene rings is 3. The van der Waals surface area contributed by atoms with Gasteiger partial charge in [0.15, 0.2) is 11.5 Å². The summed E-state index contributed by atoms with van der Waals surface area (Å²) >= 11 is 0. The molecule has 0 radical (unpaired) electrons. The summed E-state index contributed by atoms with van der Waals surface area (Å²) < 4.78 is 10.7. The third-order valence-corrected chi connectivity index (χ3v) is 5.85. The number of carbonyl (C=O) groups excluding carboxylic acids is 3. The summed E-state index contributed by atoms with van der Waals surface area (Å²) in [5.41, 5.74) is 2.84. The van der Waals surface area contributed by atoms with Crippen molar-refractivity contribution < 1.29 is 23.9 Å². The minimum Gasteiger partial charge on any atom is -0.493 e. The van der Waals surface area contributed by atoms with Gasteiger partial charge in [0.1, 0.15) is 6.04 Å². The Morgan fingerprint density at radius 2 is 1.60 bits per heavy atom. The molecule has 0 unspecified atom stereocenters. The van der Waals surface area contributed by atoms with Gasteiger partial charge in [-0.15, -0.1) is 0 Å². The zero-order valence-electron chi connectivity index (χ0n) is 19.9. The molecule has 0 aromatic heterocycles. The standard InChI is InChI=1S/C27H27N3O5/c1-18-9-12-21(13-10-18)30-26(32)22(16-25(31)28-20-7-5-4-6-8-20)29(27(30)33)17-19-11-14-23(34-2)24(15-19)35-3/h4-15,22H,16-17H2,1-3H3,(H,28,31)/t22-/m1/s1. The predicted molar refractivity (Wildman–Crippen MR) is 133 cm³/mol. The van der Waals surface area contributed by atoms with Gasteiger partial charge in [-0.2, -0.15) is 0 Å². The highest BCUT2D eigenvalue weighted by atomic mass is 16.5. The van der Waals surface area contributed by atoms with Gasteiger partial charge in [-0.3, -0.25) is 9.59 Å². The van der Waals surface area contributed by atoms with Crippen LogP contribution in [0.15, 0.2) is 72.8 Å². The third-order valence-electron chi connectivity index (χ3n) is 5.85. The molecule has 0 aliphatic carbocycles. The van der Waals surface area contributed by atoms with Crippen LogP contribution in [0.2, 0.25) is 0 Å². The van der Waals surface area contributed by atoms with Crippen LogP contribution in [0.5, 0.6) is 11.5 Å². The Hall–Kier alpha value is -4.33. The molecule has 1 saturated heterocycles. The first-order valence-corrected chi connectivity index (χ1v) is 11.2. The summed E-state index contributed by atoms with van der Waals surface area (Å²) in [6, 6.07) is 20.0. The molecule has 35 heavy (non-hydrogen) atoms. The largest absolute Gasteiger partial charge is 0.493 e. The van der Waals surface area contributed by atoms with Crippen LogP contribution in [0.3, 0.4) is 0 Å². The van der Waals surface area contributed by atoms with Gasteiger partial charge in [0.2, 0.25) is 5.91 Å². The SMILES string of the molecule is COc1ccc(CN2C(=O)N(c3ccc(C)cc3)C(=O)[C@H]2CC(=O)Nc2ccccc2)cc1OC. The Labute approximate surface area is 204 Å². The average Bonchev–Trinajstić information content (AvgIpc) is 3.09. The number of rotatable bonds is 8. The van der Waals surface area contributed by atoms with Crippen LogP contribution in [0, 0.1) is 6.92 Å². The molecule has 180 valence electrons. The molecular formula is C27H27N3O5. The van der Waals surface area contributed by atoms with E-state index in [1.807, 2.05) is 37.3 Å². The molecule has 1 aliphatic rings. The number of ether oxygens (including phenoxy) is 2. The normalized spacial score (nSPS) is 15.3. The number of aryl methyl sites for hydroxylation is 1. The number of imide groups is 1. The maximum atomic E-state index is 13.5. The van der Waals surface area contributed by atoms with Crippen molar-refractivity contribution in [3.63, 3.8) is 0 Å². The number of methoxy groups -OCH3 is 2. The second kappa shape index (κ2) is 10.3. The van der Waals surface area contributed by atoms with Crippen LogP contribution in [-0.4, -0.2) is 43.0 Å². The third kappa shape index (κ3) is 5.11. The molecule has 8 heteroatoms. The monoisotopic (exact) mass is 473 g/mol. The molecule has 0 saturated carbocycles. The van der Waals surface area contributed by atoms with E-state index >= 15 is 0 Å². The smallest absolute Gasteiger partial charge is 0.332 e. The van der Waals surface area contributed by atoms with Gasteiger partial charge in [-0.25, -0.2) is 9.69 Å². The number of nitrogens with one attached hydrogen (secondary N) is 1. The minimum absolute atomic E-state index is 0.122. The van der Waals surface area contributed by atoms with E-state index < -0.39 is 18.0 Å². The van der Waals surface area contributed by atoms with Gasteiger partial charge in [0.05, 0.1) is 26.3 Å².